The first-order valence-corrected chi connectivity index (χ1v) is 9.99. The number of methoxy groups -OCH3 is 3. The molecule has 3 aromatic rings. The van der Waals surface area contributed by atoms with Crippen LogP contribution in [0, 0.1) is 0 Å². The van der Waals surface area contributed by atoms with E-state index in [1.165, 1.54) is 32.5 Å². The van der Waals surface area contributed by atoms with Gasteiger partial charge in [0.15, 0.2) is 4.80 Å². The molecule has 9 heteroatoms. The largest absolute Gasteiger partial charge is 0.497 e. The van der Waals surface area contributed by atoms with Gasteiger partial charge in [0, 0.05) is 37.9 Å². The van der Waals surface area contributed by atoms with E-state index in [9.17, 15) is 9.59 Å². The van der Waals surface area contributed by atoms with E-state index in [1.54, 1.807) is 25.3 Å². The number of fused-ring (bicyclic) bond motifs is 1. The number of carbonyl (C=O) groups is 2. The van der Waals surface area contributed by atoms with Crippen molar-refractivity contribution in [2.45, 2.75) is 13.5 Å². The van der Waals surface area contributed by atoms with Gasteiger partial charge in [-0.05, 0) is 30.3 Å². The molecule has 2 aromatic carbocycles. The Balaban J connectivity index is 2.09. The number of ether oxygens (including phenoxy) is 3. The molecule has 1 aromatic heterocycles. The van der Waals surface area contributed by atoms with E-state index in [0.29, 0.717) is 40.7 Å². The van der Waals surface area contributed by atoms with E-state index in [4.69, 9.17) is 14.2 Å². The van der Waals surface area contributed by atoms with Gasteiger partial charge in [-0.3, -0.25) is 9.59 Å². The minimum atomic E-state index is -0.410. The van der Waals surface area contributed by atoms with Crippen LogP contribution in [0.5, 0.6) is 11.5 Å². The molecule has 0 radical (unpaired) electrons. The van der Waals surface area contributed by atoms with Crippen molar-refractivity contribution >= 4 is 39.1 Å². The fraction of sp³-hybridized carbons (Fsp3) is 0.286. The highest BCUT2D eigenvalue weighted by molar-refractivity contribution is 7.16. The number of rotatable bonds is 7. The summed E-state index contributed by atoms with van der Waals surface area (Å²) in [6, 6.07) is 10.5. The molecule has 158 valence electrons. The van der Waals surface area contributed by atoms with Crippen molar-refractivity contribution in [1.82, 2.24) is 4.57 Å². The van der Waals surface area contributed by atoms with Crippen molar-refractivity contribution in [2.24, 2.45) is 4.99 Å². The summed E-state index contributed by atoms with van der Waals surface area (Å²) in [4.78, 5) is 29.1. The topological polar surface area (TPSA) is 91.2 Å². The zero-order valence-corrected chi connectivity index (χ0v) is 18.0. The Labute approximate surface area is 177 Å². The van der Waals surface area contributed by atoms with Crippen LogP contribution in [0.15, 0.2) is 41.4 Å². The Morgan fingerprint density at radius 2 is 1.77 bits per heavy atom. The highest BCUT2D eigenvalue weighted by Crippen LogP contribution is 2.24. The number of benzene rings is 2. The maximum absolute atomic E-state index is 12.9. The van der Waals surface area contributed by atoms with E-state index in [-0.39, 0.29) is 5.91 Å². The molecule has 0 aliphatic rings. The molecule has 0 atom stereocenters. The number of carbonyl (C=O) groups excluding carboxylic acids is 2. The van der Waals surface area contributed by atoms with E-state index >= 15 is 0 Å². The normalized spacial score (nSPS) is 11.5. The Morgan fingerprint density at radius 1 is 1.07 bits per heavy atom. The van der Waals surface area contributed by atoms with Crippen LogP contribution in [0.3, 0.4) is 0 Å². The van der Waals surface area contributed by atoms with Crippen molar-refractivity contribution < 1.29 is 23.8 Å². The molecule has 1 N–H and O–H groups in total. The molecule has 0 aliphatic heterocycles. The first kappa shape index (κ1) is 21.5. The number of hydrogen-bond donors (Lipinski definition) is 1. The van der Waals surface area contributed by atoms with Crippen LogP contribution in [0.2, 0.25) is 0 Å². The van der Waals surface area contributed by atoms with Crippen LogP contribution in [-0.2, 0) is 16.1 Å². The number of anilines is 1. The Bertz CT molecular complexity index is 1130. The van der Waals surface area contributed by atoms with Gasteiger partial charge in [-0.25, -0.2) is 0 Å². The highest BCUT2D eigenvalue weighted by Gasteiger charge is 2.12. The van der Waals surface area contributed by atoms with Crippen molar-refractivity contribution in [1.29, 1.82) is 0 Å². The average molecular weight is 429 g/mol. The lowest BCUT2D eigenvalue weighted by molar-refractivity contribution is -0.114. The molecule has 0 spiro atoms. The van der Waals surface area contributed by atoms with Crippen molar-refractivity contribution in [3.8, 4) is 11.5 Å². The third kappa shape index (κ3) is 4.87. The first-order valence-electron chi connectivity index (χ1n) is 9.17. The summed E-state index contributed by atoms with van der Waals surface area (Å²) >= 11 is 1.36. The number of aromatic nitrogens is 1. The minimum absolute atomic E-state index is 0.148. The van der Waals surface area contributed by atoms with E-state index in [0.717, 1.165) is 10.2 Å². The van der Waals surface area contributed by atoms with Crippen LogP contribution >= 0.6 is 11.3 Å². The lowest BCUT2D eigenvalue weighted by atomic mass is 10.2. The summed E-state index contributed by atoms with van der Waals surface area (Å²) in [5.74, 6) is 0.463. The molecule has 30 heavy (non-hydrogen) atoms. The summed E-state index contributed by atoms with van der Waals surface area (Å²) in [5, 5.41) is 2.77. The lowest BCUT2D eigenvalue weighted by Crippen LogP contribution is -2.19. The van der Waals surface area contributed by atoms with Gasteiger partial charge in [-0.1, -0.05) is 11.3 Å². The lowest BCUT2D eigenvalue weighted by Gasteiger charge is -2.07. The predicted molar refractivity (Wildman–Crippen MR) is 115 cm³/mol. The summed E-state index contributed by atoms with van der Waals surface area (Å²) in [7, 11) is 4.67. The van der Waals surface area contributed by atoms with Gasteiger partial charge in [0.05, 0.1) is 31.0 Å². The minimum Gasteiger partial charge on any atom is -0.497 e. The van der Waals surface area contributed by atoms with Crippen LogP contribution in [0.1, 0.15) is 17.3 Å². The fourth-order valence-corrected chi connectivity index (χ4v) is 4.01. The molecule has 0 fully saturated rings. The molecule has 3 rings (SSSR count). The van der Waals surface area contributed by atoms with Gasteiger partial charge < -0.3 is 24.1 Å². The Kier molecular flexibility index (Phi) is 6.86. The molecular formula is C21H23N3O5S. The van der Waals surface area contributed by atoms with Crippen LogP contribution in [-0.4, -0.2) is 44.3 Å². The maximum Gasteiger partial charge on any atom is 0.279 e. The molecular weight excluding hydrogens is 406 g/mol. The second-order valence-electron chi connectivity index (χ2n) is 6.41. The molecule has 1 heterocycles. The highest BCUT2D eigenvalue weighted by atomic mass is 32.1. The van der Waals surface area contributed by atoms with Crippen molar-refractivity contribution in [3.63, 3.8) is 0 Å². The fourth-order valence-electron chi connectivity index (χ4n) is 2.92. The maximum atomic E-state index is 12.9. The standard InChI is InChI=1S/C21H23N3O5S/c1-13(25)22-15-5-6-18-19(11-15)30-21(24(18)7-8-27-2)23-20(26)14-9-16(28-3)12-17(10-14)29-4/h5-6,9-12H,7-8H2,1-4H3,(H,22,25). The number of nitrogens with one attached hydrogen (secondary N) is 1. The van der Waals surface area contributed by atoms with Crippen LogP contribution in [0.4, 0.5) is 5.69 Å². The molecule has 0 bridgehead atoms. The van der Waals surface area contributed by atoms with Crippen molar-refractivity contribution in [2.75, 3.05) is 33.3 Å². The molecule has 0 saturated carbocycles. The van der Waals surface area contributed by atoms with Crippen molar-refractivity contribution in [3.05, 3.63) is 46.8 Å². The van der Waals surface area contributed by atoms with E-state index in [1.807, 2.05) is 22.8 Å². The Hall–Kier alpha value is -3.17. The number of amides is 2. The van der Waals surface area contributed by atoms with E-state index < -0.39 is 5.91 Å². The van der Waals surface area contributed by atoms with Crippen LogP contribution in [0.25, 0.3) is 10.2 Å². The molecule has 8 nitrogen and oxygen atoms in total. The Morgan fingerprint density at radius 3 is 2.37 bits per heavy atom. The second kappa shape index (κ2) is 9.55. The van der Waals surface area contributed by atoms with Gasteiger partial charge in [0.1, 0.15) is 11.5 Å². The molecule has 2 amide bonds. The van der Waals surface area contributed by atoms with Gasteiger partial charge in [-0.15, -0.1) is 0 Å². The summed E-state index contributed by atoms with van der Waals surface area (Å²) < 4.78 is 18.5. The smallest absolute Gasteiger partial charge is 0.279 e. The first-order chi connectivity index (χ1) is 14.4. The average Bonchev–Trinajstić information content (AvgIpc) is 3.07. The zero-order chi connectivity index (χ0) is 21.7. The zero-order valence-electron chi connectivity index (χ0n) is 17.2. The third-order valence-electron chi connectivity index (χ3n) is 4.32. The van der Waals surface area contributed by atoms with Gasteiger partial charge in [-0.2, -0.15) is 4.99 Å². The predicted octanol–water partition coefficient (Wildman–Crippen LogP) is 3.07. The quantitative estimate of drug-likeness (QED) is 0.623. The number of nitrogens with zero attached hydrogens (tertiary/aromatic N) is 2. The second-order valence-corrected chi connectivity index (χ2v) is 7.42. The summed E-state index contributed by atoms with van der Waals surface area (Å²) in [6.07, 6.45) is 0. The summed E-state index contributed by atoms with van der Waals surface area (Å²) in [6.45, 7) is 2.45. The third-order valence-corrected chi connectivity index (χ3v) is 5.36. The number of hydrogen-bond acceptors (Lipinski definition) is 6. The SMILES string of the molecule is COCCn1c(=NC(=O)c2cc(OC)cc(OC)c2)sc2cc(NC(C)=O)ccc21. The molecule has 0 saturated heterocycles. The molecule has 0 aliphatic carbocycles. The van der Waals surface area contributed by atoms with Crippen LogP contribution < -0.4 is 19.6 Å². The monoisotopic (exact) mass is 429 g/mol. The molecule has 0 unspecified atom stereocenters. The summed E-state index contributed by atoms with van der Waals surface area (Å²) in [5.41, 5.74) is 1.95. The number of thiazole rings is 1. The van der Waals surface area contributed by atoms with Gasteiger partial charge >= 0.3 is 0 Å². The van der Waals surface area contributed by atoms with Gasteiger partial charge in [0.25, 0.3) is 5.91 Å². The van der Waals surface area contributed by atoms with Gasteiger partial charge in [0.2, 0.25) is 5.91 Å². The van der Waals surface area contributed by atoms with E-state index in [2.05, 4.69) is 10.3 Å².